The van der Waals surface area contributed by atoms with E-state index in [0.717, 1.165) is 22.8 Å². The Bertz CT molecular complexity index is 454. The summed E-state index contributed by atoms with van der Waals surface area (Å²) < 4.78 is 0. The first-order valence-electron chi connectivity index (χ1n) is 4.09. The Hall–Kier alpha value is -1.83. The molecule has 0 saturated heterocycles. The highest BCUT2D eigenvalue weighted by Crippen LogP contribution is 2.14. The molecule has 0 fully saturated rings. The zero-order valence-electron chi connectivity index (χ0n) is 7.03. The van der Waals surface area contributed by atoms with Gasteiger partial charge in [-0.2, -0.15) is 0 Å². The summed E-state index contributed by atoms with van der Waals surface area (Å²) in [6, 6.07) is 8.01. The molecule has 13 heavy (non-hydrogen) atoms. The molecule has 0 amide bonds. The maximum atomic E-state index is 10.1. The average molecular weight is 171 g/mol. The van der Waals surface area contributed by atoms with Crippen LogP contribution in [-0.4, -0.2) is 11.3 Å². The Kier molecular flexibility index (Phi) is 1.96. The number of aromatic nitrogens is 1. The number of aldehydes is 1. The number of carbonyl (C=O) groups is 1. The summed E-state index contributed by atoms with van der Waals surface area (Å²) in [5, 5.41) is 1.16. The molecule has 1 heterocycles. The fourth-order valence-corrected chi connectivity index (χ4v) is 1.33. The van der Waals surface area contributed by atoms with Gasteiger partial charge in [-0.05, 0) is 35.2 Å². The molecule has 1 N–H and O–H groups in total. The average Bonchev–Trinajstić information content (AvgIpc) is 2.61. The van der Waals surface area contributed by atoms with Crippen molar-refractivity contribution in [2.24, 2.45) is 0 Å². The Labute approximate surface area is 75.9 Å². The SMILES string of the molecule is O=C/C=C/c1ccc2[nH]ccc2c1. The molecule has 0 atom stereocenters. The van der Waals surface area contributed by atoms with Gasteiger partial charge in [0.2, 0.25) is 0 Å². The molecule has 0 aliphatic rings. The van der Waals surface area contributed by atoms with Gasteiger partial charge in [-0.1, -0.05) is 12.1 Å². The van der Waals surface area contributed by atoms with Crippen molar-refractivity contribution in [3.05, 3.63) is 42.1 Å². The van der Waals surface area contributed by atoms with Crippen LogP contribution in [0.5, 0.6) is 0 Å². The second kappa shape index (κ2) is 3.27. The van der Waals surface area contributed by atoms with E-state index in [9.17, 15) is 4.79 Å². The lowest BCUT2D eigenvalue weighted by molar-refractivity contribution is -0.104. The smallest absolute Gasteiger partial charge is 0.142 e. The first-order chi connectivity index (χ1) is 6.40. The molecule has 0 aliphatic carbocycles. The van der Waals surface area contributed by atoms with Gasteiger partial charge < -0.3 is 4.98 Å². The molecule has 0 aliphatic heterocycles. The van der Waals surface area contributed by atoms with Gasteiger partial charge in [0.15, 0.2) is 0 Å². The molecule has 2 aromatic rings. The summed E-state index contributed by atoms with van der Waals surface area (Å²) in [6.45, 7) is 0. The van der Waals surface area contributed by atoms with Crippen molar-refractivity contribution in [2.75, 3.05) is 0 Å². The zero-order valence-corrected chi connectivity index (χ0v) is 7.03. The van der Waals surface area contributed by atoms with Crippen molar-refractivity contribution in [1.29, 1.82) is 0 Å². The number of nitrogens with one attached hydrogen (secondary N) is 1. The molecule has 2 nitrogen and oxygen atoms in total. The summed E-state index contributed by atoms with van der Waals surface area (Å²) in [7, 11) is 0. The number of hydrogen-bond donors (Lipinski definition) is 1. The molecule has 2 rings (SSSR count). The quantitative estimate of drug-likeness (QED) is 0.546. The van der Waals surface area contributed by atoms with Gasteiger partial charge in [-0.3, -0.25) is 4.79 Å². The van der Waals surface area contributed by atoms with Crippen LogP contribution in [0, 0.1) is 0 Å². The minimum atomic E-state index is 0.779. The van der Waals surface area contributed by atoms with Gasteiger partial charge >= 0.3 is 0 Å². The number of H-pyrrole nitrogens is 1. The van der Waals surface area contributed by atoms with E-state index in [2.05, 4.69) is 4.98 Å². The number of rotatable bonds is 2. The summed E-state index contributed by atoms with van der Waals surface area (Å²) >= 11 is 0. The Balaban J connectivity index is 2.47. The largest absolute Gasteiger partial charge is 0.361 e. The van der Waals surface area contributed by atoms with Crippen molar-refractivity contribution in [1.82, 2.24) is 4.98 Å². The fraction of sp³-hybridized carbons (Fsp3) is 0. The Morgan fingerprint density at radius 2 is 2.15 bits per heavy atom. The topological polar surface area (TPSA) is 32.9 Å². The lowest BCUT2D eigenvalue weighted by atomic mass is 10.1. The third-order valence-electron chi connectivity index (χ3n) is 1.94. The van der Waals surface area contributed by atoms with E-state index in [4.69, 9.17) is 0 Å². The molecular weight excluding hydrogens is 162 g/mol. The normalized spacial score (nSPS) is 11.1. The predicted molar refractivity (Wildman–Crippen MR) is 53.4 cm³/mol. The van der Waals surface area contributed by atoms with Gasteiger partial charge in [-0.25, -0.2) is 0 Å². The van der Waals surface area contributed by atoms with E-state index in [1.54, 1.807) is 6.08 Å². The van der Waals surface area contributed by atoms with Gasteiger partial charge in [0.25, 0.3) is 0 Å². The second-order valence-electron chi connectivity index (χ2n) is 2.82. The van der Waals surface area contributed by atoms with Crippen LogP contribution in [-0.2, 0) is 4.79 Å². The number of carbonyl (C=O) groups excluding carboxylic acids is 1. The Morgan fingerprint density at radius 1 is 1.23 bits per heavy atom. The summed E-state index contributed by atoms with van der Waals surface area (Å²) in [5.41, 5.74) is 2.16. The van der Waals surface area contributed by atoms with E-state index in [1.165, 1.54) is 6.08 Å². The van der Waals surface area contributed by atoms with Gasteiger partial charge in [0, 0.05) is 11.7 Å². The molecular formula is C11H9NO. The third-order valence-corrected chi connectivity index (χ3v) is 1.94. The van der Waals surface area contributed by atoms with Crippen molar-refractivity contribution in [2.45, 2.75) is 0 Å². The van der Waals surface area contributed by atoms with Crippen LogP contribution in [0.4, 0.5) is 0 Å². The molecule has 64 valence electrons. The van der Waals surface area contributed by atoms with Crippen molar-refractivity contribution >= 4 is 23.3 Å². The maximum Gasteiger partial charge on any atom is 0.142 e. The van der Waals surface area contributed by atoms with Crippen molar-refractivity contribution in [3.8, 4) is 0 Å². The highest BCUT2D eigenvalue weighted by molar-refractivity contribution is 5.83. The van der Waals surface area contributed by atoms with Gasteiger partial charge in [0.05, 0.1) is 0 Å². The summed E-state index contributed by atoms with van der Waals surface area (Å²) in [5.74, 6) is 0. The molecule has 1 aromatic heterocycles. The third kappa shape index (κ3) is 1.51. The minimum Gasteiger partial charge on any atom is -0.361 e. The van der Waals surface area contributed by atoms with Crippen molar-refractivity contribution in [3.63, 3.8) is 0 Å². The van der Waals surface area contributed by atoms with Crippen LogP contribution in [0.15, 0.2) is 36.5 Å². The number of aromatic amines is 1. The first kappa shape index (κ1) is 7.80. The summed E-state index contributed by atoms with van der Waals surface area (Å²) in [4.78, 5) is 13.2. The van der Waals surface area contributed by atoms with Crippen LogP contribution < -0.4 is 0 Å². The molecule has 0 radical (unpaired) electrons. The highest BCUT2D eigenvalue weighted by Gasteiger charge is 1.93. The fourth-order valence-electron chi connectivity index (χ4n) is 1.33. The van der Waals surface area contributed by atoms with Gasteiger partial charge in [-0.15, -0.1) is 0 Å². The number of benzene rings is 1. The van der Waals surface area contributed by atoms with E-state index in [-0.39, 0.29) is 0 Å². The Morgan fingerprint density at radius 3 is 3.00 bits per heavy atom. The number of allylic oxidation sites excluding steroid dienone is 1. The highest BCUT2D eigenvalue weighted by atomic mass is 16.1. The molecule has 0 saturated carbocycles. The molecule has 1 aromatic carbocycles. The molecule has 0 spiro atoms. The zero-order chi connectivity index (χ0) is 9.10. The predicted octanol–water partition coefficient (Wildman–Crippen LogP) is 2.38. The number of hydrogen-bond acceptors (Lipinski definition) is 1. The van der Waals surface area contributed by atoms with Gasteiger partial charge in [0.1, 0.15) is 6.29 Å². The molecule has 2 heteroatoms. The molecule has 0 bridgehead atoms. The van der Waals surface area contributed by atoms with Crippen molar-refractivity contribution < 1.29 is 4.79 Å². The standard InChI is InChI=1S/C11H9NO/c13-7-1-2-9-3-4-11-10(8-9)5-6-12-11/h1-8,12H/b2-1+. The van der Waals surface area contributed by atoms with E-state index in [1.807, 2.05) is 30.5 Å². The van der Waals surface area contributed by atoms with Crippen LogP contribution in [0.25, 0.3) is 17.0 Å². The maximum absolute atomic E-state index is 10.1. The van der Waals surface area contributed by atoms with E-state index in [0.29, 0.717) is 0 Å². The lowest BCUT2D eigenvalue weighted by Gasteiger charge is -1.92. The van der Waals surface area contributed by atoms with Crippen LogP contribution >= 0.6 is 0 Å². The van der Waals surface area contributed by atoms with E-state index >= 15 is 0 Å². The monoisotopic (exact) mass is 171 g/mol. The molecule has 0 unspecified atom stereocenters. The summed E-state index contributed by atoms with van der Waals surface area (Å²) in [6.07, 6.45) is 5.96. The first-order valence-corrected chi connectivity index (χ1v) is 4.09. The lowest BCUT2D eigenvalue weighted by Crippen LogP contribution is -1.72. The number of fused-ring (bicyclic) bond motifs is 1. The minimum absolute atomic E-state index is 0.779. The second-order valence-corrected chi connectivity index (χ2v) is 2.82. The van der Waals surface area contributed by atoms with Crippen LogP contribution in [0.2, 0.25) is 0 Å². The van der Waals surface area contributed by atoms with E-state index < -0.39 is 0 Å². The van der Waals surface area contributed by atoms with Crippen LogP contribution in [0.3, 0.4) is 0 Å². The van der Waals surface area contributed by atoms with Crippen LogP contribution in [0.1, 0.15) is 5.56 Å².